The number of rotatable bonds is 1. The van der Waals surface area contributed by atoms with Crippen LogP contribution in [0.25, 0.3) is 16.8 Å². The van der Waals surface area contributed by atoms with E-state index < -0.39 is 11.9 Å². The van der Waals surface area contributed by atoms with Crippen LogP contribution in [0.2, 0.25) is 5.15 Å². The van der Waals surface area contributed by atoms with Crippen molar-refractivity contribution in [1.82, 2.24) is 14.6 Å². The molecule has 0 atom stereocenters. The Balaban J connectivity index is 2.32. The predicted molar refractivity (Wildman–Crippen MR) is 80.9 cm³/mol. The molecule has 0 amide bonds. The van der Waals surface area contributed by atoms with Crippen LogP contribution >= 0.6 is 27.5 Å². The lowest BCUT2D eigenvalue weighted by atomic mass is 10.1. The lowest BCUT2D eigenvalue weighted by Crippen LogP contribution is -2.10. The van der Waals surface area contributed by atoms with Crippen LogP contribution in [-0.4, -0.2) is 14.6 Å². The number of nitrogens with zero attached hydrogens (tertiary/aromatic N) is 3. The predicted octanol–water partition coefficient (Wildman–Crippen LogP) is 5.14. The summed E-state index contributed by atoms with van der Waals surface area (Å²) in [5.41, 5.74) is 0.845. The van der Waals surface area contributed by atoms with Crippen LogP contribution in [0.3, 0.4) is 0 Å². The molecule has 0 saturated heterocycles. The van der Waals surface area contributed by atoms with Gasteiger partial charge < -0.3 is 0 Å². The average Bonchev–Trinajstić information content (AvgIpc) is 2.76. The number of halogens is 5. The van der Waals surface area contributed by atoms with Crippen molar-refractivity contribution < 1.29 is 13.2 Å². The van der Waals surface area contributed by atoms with Crippen LogP contribution in [0.5, 0.6) is 0 Å². The van der Waals surface area contributed by atoms with E-state index in [2.05, 4.69) is 26.0 Å². The van der Waals surface area contributed by atoms with E-state index in [1.165, 1.54) is 4.52 Å². The van der Waals surface area contributed by atoms with Gasteiger partial charge in [-0.15, -0.1) is 0 Å². The third-order valence-electron chi connectivity index (χ3n) is 3.14. The molecule has 0 radical (unpaired) electrons. The molecule has 0 bridgehead atoms. The van der Waals surface area contributed by atoms with E-state index in [-0.39, 0.29) is 10.8 Å². The molecule has 3 rings (SSSR count). The van der Waals surface area contributed by atoms with Crippen molar-refractivity contribution in [1.29, 1.82) is 0 Å². The Kier molecular flexibility index (Phi) is 3.65. The lowest BCUT2D eigenvalue weighted by Gasteiger charge is -2.08. The number of fused-ring (bicyclic) bond motifs is 1. The van der Waals surface area contributed by atoms with Crippen LogP contribution in [0.4, 0.5) is 13.2 Å². The maximum Gasteiger partial charge on any atom is 0.433 e. The van der Waals surface area contributed by atoms with E-state index in [0.29, 0.717) is 11.3 Å². The highest BCUT2D eigenvalue weighted by atomic mass is 79.9. The number of hydrogen-bond donors (Lipinski definition) is 0. The van der Waals surface area contributed by atoms with Crippen molar-refractivity contribution in [3.8, 4) is 11.1 Å². The summed E-state index contributed by atoms with van der Waals surface area (Å²) in [6.45, 7) is 1.70. The van der Waals surface area contributed by atoms with Crippen LogP contribution < -0.4 is 0 Å². The maximum absolute atomic E-state index is 12.9. The third-order valence-corrected chi connectivity index (χ3v) is 3.94. The Morgan fingerprint density at radius 2 is 1.82 bits per heavy atom. The Labute approximate surface area is 136 Å². The van der Waals surface area contributed by atoms with Gasteiger partial charge in [0.15, 0.2) is 5.65 Å². The molecule has 0 fully saturated rings. The minimum atomic E-state index is -4.57. The number of aryl methyl sites for hydroxylation is 1. The molecular weight excluding hydrogens is 383 g/mol. The maximum atomic E-state index is 12.9. The highest BCUT2D eigenvalue weighted by Gasteiger charge is 2.34. The molecule has 22 heavy (non-hydrogen) atoms. The second-order valence-corrected chi connectivity index (χ2v) is 5.97. The Morgan fingerprint density at radius 1 is 1.18 bits per heavy atom. The normalized spacial score (nSPS) is 12.1. The fourth-order valence-electron chi connectivity index (χ4n) is 2.19. The molecule has 3 aromatic rings. The van der Waals surface area contributed by atoms with Crippen LogP contribution in [0.1, 0.15) is 11.4 Å². The zero-order valence-electron chi connectivity index (χ0n) is 11.1. The van der Waals surface area contributed by atoms with Crippen molar-refractivity contribution in [2.45, 2.75) is 13.1 Å². The summed E-state index contributed by atoms with van der Waals surface area (Å²) < 4.78 is 40.9. The molecule has 0 N–H and O–H groups in total. The van der Waals surface area contributed by atoms with Gasteiger partial charge in [0.1, 0.15) is 10.8 Å². The topological polar surface area (TPSA) is 30.2 Å². The Morgan fingerprint density at radius 3 is 2.41 bits per heavy atom. The van der Waals surface area contributed by atoms with Gasteiger partial charge in [-0.1, -0.05) is 39.7 Å². The zero-order valence-corrected chi connectivity index (χ0v) is 13.5. The highest BCUT2D eigenvalue weighted by molar-refractivity contribution is 9.10. The molecule has 2 heterocycles. The molecule has 0 spiro atoms. The van der Waals surface area contributed by atoms with Gasteiger partial charge in [-0.3, -0.25) is 0 Å². The van der Waals surface area contributed by atoms with E-state index >= 15 is 0 Å². The first-order valence-electron chi connectivity index (χ1n) is 6.16. The number of benzene rings is 1. The molecule has 0 aliphatic heterocycles. The Bertz CT molecular complexity index is 856. The van der Waals surface area contributed by atoms with Gasteiger partial charge in [-0.2, -0.15) is 18.3 Å². The van der Waals surface area contributed by atoms with E-state index in [4.69, 9.17) is 11.6 Å². The summed E-state index contributed by atoms with van der Waals surface area (Å²) in [4.78, 5) is 3.71. The first-order chi connectivity index (χ1) is 10.3. The molecule has 0 aliphatic rings. The Hall–Kier alpha value is -1.60. The third kappa shape index (κ3) is 2.59. The summed E-state index contributed by atoms with van der Waals surface area (Å²) in [5.74, 6) is 0. The fraction of sp³-hybridized carbons (Fsp3) is 0.143. The average molecular weight is 391 g/mol. The zero-order chi connectivity index (χ0) is 16.1. The summed E-state index contributed by atoms with van der Waals surface area (Å²) in [7, 11) is 0. The number of aromatic nitrogens is 3. The van der Waals surface area contributed by atoms with Crippen LogP contribution in [0.15, 0.2) is 34.8 Å². The minimum absolute atomic E-state index is 0.0830. The first-order valence-corrected chi connectivity index (χ1v) is 7.33. The van der Waals surface area contributed by atoms with Crippen molar-refractivity contribution in [3.63, 3.8) is 0 Å². The van der Waals surface area contributed by atoms with Gasteiger partial charge >= 0.3 is 6.18 Å². The summed E-state index contributed by atoms with van der Waals surface area (Å²) in [6.07, 6.45) is -4.57. The van der Waals surface area contributed by atoms with Crippen LogP contribution in [0, 0.1) is 6.92 Å². The van der Waals surface area contributed by atoms with Gasteiger partial charge in [-0.25, -0.2) is 9.50 Å². The minimum Gasteiger partial charge on any atom is -0.223 e. The monoisotopic (exact) mass is 389 g/mol. The molecule has 0 aliphatic carbocycles. The summed E-state index contributed by atoms with van der Waals surface area (Å²) >= 11 is 9.24. The molecule has 0 unspecified atom stereocenters. The molecule has 8 heteroatoms. The van der Waals surface area contributed by atoms with Crippen molar-refractivity contribution in [2.24, 2.45) is 0 Å². The van der Waals surface area contributed by atoms with Gasteiger partial charge in [0.05, 0.1) is 5.69 Å². The van der Waals surface area contributed by atoms with E-state index in [9.17, 15) is 13.2 Å². The van der Waals surface area contributed by atoms with Crippen molar-refractivity contribution in [2.75, 3.05) is 0 Å². The second-order valence-electron chi connectivity index (χ2n) is 4.66. The van der Waals surface area contributed by atoms with Crippen molar-refractivity contribution in [3.05, 3.63) is 51.3 Å². The number of hydrogen-bond acceptors (Lipinski definition) is 2. The lowest BCUT2D eigenvalue weighted by molar-refractivity contribution is -0.141. The van der Waals surface area contributed by atoms with E-state index in [0.717, 1.165) is 16.1 Å². The molecule has 1 aromatic carbocycles. The van der Waals surface area contributed by atoms with Crippen LogP contribution in [-0.2, 0) is 6.18 Å². The van der Waals surface area contributed by atoms with Gasteiger partial charge in [-0.05, 0) is 24.6 Å². The van der Waals surface area contributed by atoms with Gasteiger partial charge in [0.25, 0.3) is 0 Å². The van der Waals surface area contributed by atoms with Gasteiger partial charge in [0, 0.05) is 16.1 Å². The first kappa shape index (κ1) is 15.3. The molecule has 114 valence electrons. The highest BCUT2D eigenvalue weighted by Crippen LogP contribution is 2.34. The fourth-order valence-corrected chi connectivity index (χ4v) is 2.67. The molecule has 0 saturated carbocycles. The van der Waals surface area contributed by atoms with Gasteiger partial charge in [0.2, 0.25) is 0 Å². The standard InChI is InChI=1S/C14H8BrClF3N3/c1-7-12(8-2-4-9(15)5-3-8)13-20-10(14(17,18)19)6-11(16)22(13)21-7/h2-6H,1H3. The van der Waals surface area contributed by atoms with E-state index in [1.54, 1.807) is 31.2 Å². The smallest absolute Gasteiger partial charge is 0.223 e. The molecule has 2 aromatic heterocycles. The summed E-state index contributed by atoms with van der Waals surface area (Å²) in [5, 5.41) is 4.04. The number of alkyl halides is 3. The largest absolute Gasteiger partial charge is 0.433 e. The quantitative estimate of drug-likeness (QED) is 0.539. The van der Waals surface area contributed by atoms with E-state index in [1.807, 2.05) is 0 Å². The van der Waals surface area contributed by atoms with Crippen molar-refractivity contribution >= 4 is 33.2 Å². The second kappa shape index (κ2) is 5.24. The molecule has 3 nitrogen and oxygen atoms in total. The SMILES string of the molecule is Cc1nn2c(Cl)cc(C(F)(F)F)nc2c1-c1ccc(Br)cc1. The summed E-state index contributed by atoms with van der Waals surface area (Å²) in [6, 6.07) is 7.93. The molecular formula is C14H8BrClF3N3.